The Bertz CT molecular complexity index is 1160. The molecule has 4 aromatic rings. The SMILES string of the molecule is CC[n+]1c(/C=C/c2ccc(-c3ccc(C(=O)OC)cn3)s2)sc2ccccc21.[I-]. The highest BCUT2D eigenvalue weighted by molar-refractivity contribution is 7.19. The Morgan fingerprint density at radius 1 is 1.10 bits per heavy atom. The number of benzene rings is 1. The summed E-state index contributed by atoms with van der Waals surface area (Å²) in [6.07, 6.45) is 5.88. The maximum atomic E-state index is 11.5. The number of carbonyl (C=O) groups is 1. The van der Waals surface area contributed by atoms with Gasteiger partial charge in [0.25, 0.3) is 5.01 Å². The molecule has 1 aromatic carbocycles. The summed E-state index contributed by atoms with van der Waals surface area (Å²) in [7, 11) is 1.37. The van der Waals surface area contributed by atoms with E-state index in [-0.39, 0.29) is 29.9 Å². The van der Waals surface area contributed by atoms with E-state index in [1.165, 1.54) is 22.3 Å². The highest BCUT2D eigenvalue weighted by Crippen LogP contribution is 2.29. The molecule has 3 heterocycles. The van der Waals surface area contributed by atoms with Crippen molar-refractivity contribution in [2.45, 2.75) is 13.5 Å². The minimum absolute atomic E-state index is 0. The van der Waals surface area contributed by atoms with Crippen LogP contribution in [0.25, 0.3) is 32.9 Å². The van der Waals surface area contributed by atoms with E-state index in [9.17, 15) is 4.79 Å². The smallest absolute Gasteiger partial charge is 0.339 e. The number of carbonyl (C=O) groups excluding carboxylic acids is 1. The van der Waals surface area contributed by atoms with Crippen molar-refractivity contribution in [1.29, 1.82) is 0 Å². The van der Waals surface area contributed by atoms with Gasteiger partial charge in [0.2, 0.25) is 5.52 Å². The number of halogens is 1. The molecule has 0 atom stereocenters. The molecule has 0 spiro atoms. The maximum Gasteiger partial charge on any atom is 0.339 e. The summed E-state index contributed by atoms with van der Waals surface area (Å²) < 4.78 is 8.34. The lowest BCUT2D eigenvalue weighted by Gasteiger charge is -2.00. The van der Waals surface area contributed by atoms with Crippen LogP contribution < -0.4 is 28.5 Å². The maximum absolute atomic E-state index is 11.5. The zero-order chi connectivity index (χ0) is 19.5. The van der Waals surface area contributed by atoms with E-state index in [4.69, 9.17) is 4.74 Å². The molecule has 4 rings (SSSR count). The lowest BCUT2D eigenvalue weighted by Crippen LogP contribution is -3.00. The summed E-state index contributed by atoms with van der Waals surface area (Å²) in [5.74, 6) is -0.374. The third-order valence-electron chi connectivity index (χ3n) is 4.41. The van der Waals surface area contributed by atoms with Crippen LogP contribution >= 0.6 is 22.7 Å². The molecule has 0 aliphatic heterocycles. The summed E-state index contributed by atoms with van der Waals surface area (Å²) in [6.45, 7) is 3.11. The van der Waals surface area contributed by atoms with Gasteiger partial charge in [-0.25, -0.2) is 4.79 Å². The van der Waals surface area contributed by atoms with Crippen molar-refractivity contribution in [3.05, 3.63) is 70.2 Å². The van der Waals surface area contributed by atoms with Crippen LogP contribution in [0.3, 0.4) is 0 Å². The largest absolute Gasteiger partial charge is 1.00 e. The van der Waals surface area contributed by atoms with Gasteiger partial charge in [-0.1, -0.05) is 23.5 Å². The fourth-order valence-corrected chi connectivity index (χ4v) is 5.03. The second-order valence-corrected chi connectivity index (χ2v) is 8.29. The van der Waals surface area contributed by atoms with Crippen molar-refractivity contribution >= 4 is 51.0 Å². The number of pyridine rings is 1. The molecule has 0 saturated carbocycles. The summed E-state index contributed by atoms with van der Waals surface area (Å²) in [5.41, 5.74) is 2.58. The van der Waals surface area contributed by atoms with Crippen LogP contribution in [-0.2, 0) is 11.3 Å². The Morgan fingerprint density at radius 2 is 1.93 bits per heavy atom. The Morgan fingerprint density at radius 3 is 2.66 bits per heavy atom. The molecule has 148 valence electrons. The van der Waals surface area contributed by atoms with Crippen molar-refractivity contribution < 1.29 is 38.1 Å². The predicted molar refractivity (Wildman–Crippen MR) is 116 cm³/mol. The molecule has 0 unspecified atom stereocenters. The van der Waals surface area contributed by atoms with Gasteiger partial charge in [0.15, 0.2) is 0 Å². The zero-order valence-electron chi connectivity index (χ0n) is 16.0. The number of esters is 1. The number of thiophene rings is 1. The molecule has 7 heteroatoms. The van der Waals surface area contributed by atoms with Crippen molar-refractivity contribution in [3.63, 3.8) is 0 Å². The minimum atomic E-state index is -0.374. The molecule has 3 aromatic heterocycles. The van der Waals surface area contributed by atoms with Gasteiger partial charge in [-0.3, -0.25) is 4.98 Å². The van der Waals surface area contributed by atoms with Gasteiger partial charge in [-0.2, -0.15) is 4.57 Å². The van der Waals surface area contributed by atoms with Crippen LogP contribution in [-0.4, -0.2) is 18.1 Å². The molecule has 4 nitrogen and oxygen atoms in total. The van der Waals surface area contributed by atoms with E-state index in [1.807, 2.05) is 6.07 Å². The Hall–Kier alpha value is -2.10. The quantitative estimate of drug-likeness (QED) is 0.224. The van der Waals surface area contributed by atoms with Gasteiger partial charge in [0.05, 0.1) is 23.2 Å². The summed E-state index contributed by atoms with van der Waals surface area (Å²) >= 11 is 3.48. The van der Waals surface area contributed by atoms with Crippen LogP contribution in [0.15, 0.2) is 54.7 Å². The highest BCUT2D eigenvalue weighted by atomic mass is 127. The second-order valence-electron chi connectivity index (χ2n) is 6.11. The third-order valence-corrected chi connectivity index (χ3v) is 6.61. The molecular weight excluding hydrogens is 515 g/mol. The number of fused-ring (bicyclic) bond motifs is 1. The van der Waals surface area contributed by atoms with Gasteiger partial charge in [0, 0.05) is 23.2 Å². The Labute approximate surface area is 194 Å². The van der Waals surface area contributed by atoms with Crippen LogP contribution in [0.1, 0.15) is 27.2 Å². The monoisotopic (exact) mass is 534 g/mol. The standard InChI is InChI=1S/C22H19N2O2S2.HI/c1-3-24-18-6-4-5-7-20(18)28-21(24)13-10-16-9-12-19(27-16)17-11-8-15(14-23-17)22(25)26-2;/h4-14H,3H2,1-2H3;1H/q+1;/p-1/b13-10+;. The van der Waals surface area contributed by atoms with E-state index in [2.05, 4.69) is 65.0 Å². The average molecular weight is 534 g/mol. The summed E-state index contributed by atoms with van der Waals surface area (Å²) in [4.78, 5) is 18.1. The highest BCUT2D eigenvalue weighted by Gasteiger charge is 2.16. The average Bonchev–Trinajstić information content (AvgIpc) is 3.35. The van der Waals surface area contributed by atoms with Crippen molar-refractivity contribution in [2.24, 2.45) is 0 Å². The van der Waals surface area contributed by atoms with E-state index in [0.29, 0.717) is 5.56 Å². The summed E-state index contributed by atoms with van der Waals surface area (Å²) in [5, 5.41) is 1.24. The number of aromatic nitrogens is 2. The minimum Gasteiger partial charge on any atom is -1.00 e. The first-order chi connectivity index (χ1) is 13.7. The van der Waals surface area contributed by atoms with Crippen molar-refractivity contribution in [2.75, 3.05) is 7.11 Å². The fraction of sp³-hybridized carbons (Fsp3) is 0.136. The van der Waals surface area contributed by atoms with Crippen LogP contribution in [0.2, 0.25) is 0 Å². The van der Waals surface area contributed by atoms with Crippen LogP contribution in [0.4, 0.5) is 0 Å². The summed E-state index contributed by atoms with van der Waals surface area (Å²) in [6, 6.07) is 16.2. The number of nitrogens with zero attached hydrogens (tertiary/aromatic N) is 2. The number of hydrogen-bond acceptors (Lipinski definition) is 5. The van der Waals surface area contributed by atoms with Gasteiger partial charge >= 0.3 is 5.97 Å². The fourth-order valence-electron chi connectivity index (χ4n) is 3.01. The van der Waals surface area contributed by atoms with Gasteiger partial charge in [-0.15, -0.1) is 11.3 Å². The molecule has 0 radical (unpaired) electrons. The number of aryl methyl sites for hydroxylation is 1. The number of rotatable bonds is 5. The molecule has 0 aliphatic rings. The number of para-hydroxylation sites is 1. The molecule has 0 bridgehead atoms. The number of thiazole rings is 1. The molecule has 0 aliphatic carbocycles. The predicted octanol–water partition coefficient (Wildman–Crippen LogP) is 2.29. The molecule has 0 saturated heterocycles. The van der Waals surface area contributed by atoms with E-state index < -0.39 is 0 Å². The Kier molecular flexibility index (Phi) is 7.15. The van der Waals surface area contributed by atoms with E-state index >= 15 is 0 Å². The molecule has 0 amide bonds. The number of ether oxygens (including phenoxy) is 1. The van der Waals surface area contributed by atoms with Crippen molar-refractivity contribution in [1.82, 2.24) is 4.98 Å². The lowest BCUT2D eigenvalue weighted by molar-refractivity contribution is -0.665. The zero-order valence-corrected chi connectivity index (χ0v) is 19.8. The lowest BCUT2D eigenvalue weighted by atomic mass is 10.2. The molecule has 0 fully saturated rings. The van der Waals surface area contributed by atoms with E-state index in [1.54, 1.807) is 34.9 Å². The Balaban J connectivity index is 0.00000240. The van der Waals surface area contributed by atoms with Gasteiger partial charge in [-0.05, 0) is 43.3 Å². The molecule has 0 N–H and O–H groups in total. The molecule has 29 heavy (non-hydrogen) atoms. The third kappa shape index (κ3) is 4.57. The van der Waals surface area contributed by atoms with Gasteiger partial charge < -0.3 is 28.7 Å². The first-order valence-corrected chi connectivity index (χ1v) is 10.6. The topological polar surface area (TPSA) is 43.1 Å². The van der Waals surface area contributed by atoms with Crippen LogP contribution in [0.5, 0.6) is 0 Å². The normalized spacial score (nSPS) is 11.0. The number of hydrogen-bond donors (Lipinski definition) is 0. The van der Waals surface area contributed by atoms with Crippen LogP contribution in [0, 0.1) is 0 Å². The van der Waals surface area contributed by atoms with E-state index in [0.717, 1.165) is 22.0 Å². The number of methoxy groups -OCH3 is 1. The molecular formula is C22H19IN2O2S2. The van der Waals surface area contributed by atoms with Crippen molar-refractivity contribution in [3.8, 4) is 10.6 Å². The first kappa shape index (κ1) is 21.6. The van der Waals surface area contributed by atoms with Gasteiger partial charge in [0.1, 0.15) is 11.2 Å². The second kappa shape index (κ2) is 9.60. The first-order valence-electron chi connectivity index (χ1n) is 8.93.